The molecule has 1 atom stereocenters. The molecule has 0 aromatic heterocycles. The third-order valence-electron chi connectivity index (χ3n) is 3.64. The first-order valence-corrected chi connectivity index (χ1v) is 8.29. The summed E-state index contributed by atoms with van der Waals surface area (Å²) in [6.45, 7) is 5.53. The topological polar surface area (TPSA) is 85.9 Å². The van der Waals surface area contributed by atoms with Crippen LogP contribution >= 0.6 is 0 Å². The number of benzene rings is 2. The molecule has 2 rings (SSSR count). The van der Waals surface area contributed by atoms with E-state index < -0.39 is 17.6 Å². The average molecular weight is 347 g/mol. The Kier molecular flexibility index (Phi) is 5.98. The molecule has 0 saturated heterocycles. The van der Waals surface area contributed by atoms with Crippen molar-refractivity contribution in [2.45, 2.75) is 32.3 Å². The second kappa shape index (κ2) is 8.18. The molecule has 0 radical (unpaired) electrons. The fourth-order valence-electron chi connectivity index (χ4n) is 2.41. The molecule has 0 aliphatic carbocycles. The molecule has 5 heteroatoms. The van der Waals surface area contributed by atoms with E-state index in [-0.39, 0.29) is 6.54 Å². The van der Waals surface area contributed by atoms with E-state index >= 15 is 0 Å². The van der Waals surface area contributed by atoms with Crippen LogP contribution in [0.1, 0.15) is 37.8 Å². The summed E-state index contributed by atoms with van der Waals surface area (Å²) >= 11 is 0. The van der Waals surface area contributed by atoms with E-state index in [1.54, 1.807) is 26.8 Å². The quantitative estimate of drug-likeness (QED) is 0.890. The first-order chi connectivity index (χ1) is 12.3. The molecule has 1 N–H and O–H groups in total. The normalized spacial score (nSPS) is 11.7. The lowest BCUT2D eigenvalue weighted by Gasteiger charge is -2.20. The Balaban J connectivity index is 2.07. The molecule has 0 saturated carbocycles. The molecule has 2 aromatic carbocycles. The minimum absolute atomic E-state index is 0.175. The van der Waals surface area contributed by atoms with Crippen molar-refractivity contribution in [1.82, 2.24) is 5.32 Å². The molecular weight excluding hydrogens is 326 g/mol. The molecule has 1 amide bonds. The van der Waals surface area contributed by atoms with E-state index in [1.807, 2.05) is 42.5 Å². The number of hydrogen-bond acceptors (Lipinski definition) is 4. The van der Waals surface area contributed by atoms with Crippen LogP contribution in [-0.4, -0.2) is 18.2 Å². The van der Waals surface area contributed by atoms with Crippen LogP contribution in [-0.2, 0) is 4.74 Å². The van der Waals surface area contributed by atoms with Gasteiger partial charge >= 0.3 is 6.09 Å². The van der Waals surface area contributed by atoms with Crippen LogP contribution in [0.5, 0.6) is 0 Å². The van der Waals surface area contributed by atoms with Crippen molar-refractivity contribution in [1.29, 1.82) is 10.5 Å². The van der Waals surface area contributed by atoms with Gasteiger partial charge in [0.2, 0.25) is 0 Å². The van der Waals surface area contributed by atoms with Crippen molar-refractivity contribution in [3.8, 4) is 23.3 Å². The lowest BCUT2D eigenvalue weighted by Crippen LogP contribution is -2.34. The smallest absolute Gasteiger partial charge is 0.407 e. The lowest BCUT2D eigenvalue weighted by molar-refractivity contribution is 0.0527. The molecule has 26 heavy (non-hydrogen) atoms. The third-order valence-corrected chi connectivity index (χ3v) is 3.64. The van der Waals surface area contributed by atoms with Crippen LogP contribution in [0.2, 0.25) is 0 Å². The minimum Gasteiger partial charge on any atom is -0.444 e. The largest absolute Gasteiger partial charge is 0.444 e. The van der Waals surface area contributed by atoms with Gasteiger partial charge in [0.15, 0.2) is 0 Å². The van der Waals surface area contributed by atoms with Crippen molar-refractivity contribution in [3.63, 3.8) is 0 Å². The predicted molar refractivity (Wildman–Crippen MR) is 99.2 cm³/mol. The monoisotopic (exact) mass is 347 g/mol. The van der Waals surface area contributed by atoms with Gasteiger partial charge in [-0.2, -0.15) is 10.5 Å². The first-order valence-electron chi connectivity index (χ1n) is 8.29. The number of amides is 1. The van der Waals surface area contributed by atoms with Crippen LogP contribution in [0.3, 0.4) is 0 Å². The van der Waals surface area contributed by atoms with Crippen LogP contribution in [0, 0.1) is 22.7 Å². The van der Waals surface area contributed by atoms with Crippen molar-refractivity contribution in [2.75, 3.05) is 6.54 Å². The third kappa shape index (κ3) is 5.36. The molecule has 0 aliphatic heterocycles. The Morgan fingerprint density at radius 1 is 1.12 bits per heavy atom. The Hall–Kier alpha value is -3.31. The zero-order valence-corrected chi connectivity index (χ0v) is 15.1. The van der Waals surface area contributed by atoms with E-state index in [1.165, 1.54) is 0 Å². The standard InChI is InChI=1S/C21H21N3O2/c1-21(2,3)26-20(25)24-14-19(13-23)17-9-7-16(8-10-17)18-6-4-5-15(11-18)12-22/h4-11,19H,14H2,1-3H3,(H,24,25). The van der Waals surface area contributed by atoms with Gasteiger partial charge in [-0.3, -0.25) is 0 Å². The Morgan fingerprint density at radius 2 is 1.81 bits per heavy atom. The van der Waals surface area contributed by atoms with Crippen LogP contribution < -0.4 is 5.32 Å². The zero-order valence-electron chi connectivity index (χ0n) is 15.1. The predicted octanol–water partition coefficient (Wildman–Crippen LogP) is 4.36. The number of rotatable bonds is 4. The highest BCUT2D eigenvalue weighted by atomic mass is 16.6. The molecule has 0 fully saturated rings. The zero-order chi connectivity index (χ0) is 19.2. The fraction of sp³-hybridized carbons (Fsp3) is 0.286. The molecule has 1 unspecified atom stereocenters. The highest BCUT2D eigenvalue weighted by Gasteiger charge is 2.18. The molecular formula is C21H21N3O2. The Labute approximate surface area is 153 Å². The highest BCUT2D eigenvalue weighted by molar-refractivity contribution is 5.68. The van der Waals surface area contributed by atoms with Crippen LogP contribution in [0.25, 0.3) is 11.1 Å². The van der Waals surface area contributed by atoms with E-state index in [4.69, 9.17) is 10.00 Å². The van der Waals surface area contributed by atoms with Gasteiger partial charge in [0.1, 0.15) is 5.60 Å². The number of alkyl carbamates (subject to hydrolysis) is 1. The molecule has 0 heterocycles. The summed E-state index contributed by atoms with van der Waals surface area (Å²) < 4.78 is 5.18. The van der Waals surface area contributed by atoms with Crippen molar-refractivity contribution in [2.24, 2.45) is 0 Å². The van der Waals surface area contributed by atoms with Gasteiger partial charge in [-0.15, -0.1) is 0 Å². The number of carbonyl (C=O) groups is 1. The molecule has 0 bridgehead atoms. The van der Waals surface area contributed by atoms with Gasteiger partial charge in [-0.1, -0.05) is 36.4 Å². The van der Waals surface area contributed by atoms with E-state index in [0.29, 0.717) is 5.56 Å². The molecule has 132 valence electrons. The van der Waals surface area contributed by atoms with E-state index in [9.17, 15) is 10.1 Å². The van der Waals surface area contributed by atoms with E-state index in [2.05, 4.69) is 17.5 Å². The molecule has 5 nitrogen and oxygen atoms in total. The summed E-state index contributed by atoms with van der Waals surface area (Å²) in [5.41, 5.74) is 2.73. The SMILES string of the molecule is CC(C)(C)OC(=O)NCC(C#N)c1ccc(-c2cccc(C#N)c2)cc1. The number of carbonyl (C=O) groups excluding carboxylic acids is 1. The molecule has 0 aliphatic rings. The summed E-state index contributed by atoms with van der Waals surface area (Å²) in [6.07, 6.45) is -0.539. The Bertz CT molecular complexity index is 853. The second-order valence-corrected chi connectivity index (χ2v) is 6.88. The van der Waals surface area contributed by atoms with Gasteiger partial charge in [-0.05, 0) is 49.6 Å². The second-order valence-electron chi connectivity index (χ2n) is 6.88. The van der Waals surface area contributed by atoms with E-state index in [0.717, 1.165) is 16.7 Å². The van der Waals surface area contributed by atoms with Gasteiger partial charge in [0, 0.05) is 6.54 Å². The summed E-state index contributed by atoms with van der Waals surface area (Å²) in [5, 5.41) is 21.0. The van der Waals surface area contributed by atoms with Crippen LogP contribution in [0.15, 0.2) is 48.5 Å². The van der Waals surface area contributed by atoms with Crippen molar-refractivity contribution in [3.05, 3.63) is 59.7 Å². The Morgan fingerprint density at radius 3 is 2.38 bits per heavy atom. The average Bonchev–Trinajstić information content (AvgIpc) is 2.61. The van der Waals surface area contributed by atoms with Gasteiger partial charge in [0.05, 0.1) is 23.6 Å². The maximum Gasteiger partial charge on any atom is 0.407 e. The minimum atomic E-state index is -0.578. The summed E-state index contributed by atoms with van der Waals surface area (Å²) in [7, 11) is 0. The van der Waals surface area contributed by atoms with Crippen molar-refractivity contribution >= 4 is 6.09 Å². The maximum atomic E-state index is 11.7. The fourth-order valence-corrected chi connectivity index (χ4v) is 2.41. The summed E-state index contributed by atoms with van der Waals surface area (Å²) in [4.78, 5) is 11.7. The van der Waals surface area contributed by atoms with Crippen LogP contribution in [0.4, 0.5) is 4.79 Å². The number of ether oxygens (including phenoxy) is 1. The number of hydrogen-bond donors (Lipinski definition) is 1. The maximum absolute atomic E-state index is 11.7. The summed E-state index contributed by atoms with van der Waals surface area (Å²) in [6, 6.07) is 19.2. The first kappa shape index (κ1) is 19.0. The number of nitrogens with one attached hydrogen (secondary N) is 1. The van der Waals surface area contributed by atoms with Gasteiger partial charge in [0.25, 0.3) is 0 Å². The van der Waals surface area contributed by atoms with Gasteiger partial charge in [-0.25, -0.2) is 4.79 Å². The van der Waals surface area contributed by atoms with Gasteiger partial charge < -0.3 is 10.1 Å². The number of nitriles is 2. The summed E-state index contributed by atoms with van der Waals surface area (Å²) in [5.74, 6) is -0.470. The molecule has 0 spiro atoms. The number of nitrogens with zero attached hydrogens (tertiary/aromatic N) is 2. The molecule has 2 aromatic rings. The van der Waals surface area contributed by atoms with Crippen molar-refractivity contribution < 1.29 is 9.53 Å². The highest BCUT2D eigenvalue weighted by Crippen LogP contribution is 2.23. The lowest BCUT2D eigenvalue weighted by atomic mass is 9.96.